The Kier molecular flexibility index (Phi) is 9.56. The molecule has 10 N–H and O–H groups in total. The summed E-state index contributed by atoms with van der Waals surface area (Å²) in [4.78, 5) is 65.5. The molecule has 14 heteroatoms. The molecule has 0 aliphatic carbocycles. The van der Waals surface area contributed by atoms with Gasteiger partial charge in [-0.3, -0.25) is 19.2 Å². The number of H-pyrrole nitrogens is 1. The molecule has 1 aromatic heterocycles. The monoisotopic (exact) mass is 441 g/mol. The summed E-state index contributed by atoms with van der Waals surface area (Å²) in [6.07, 6.45) is 0.825. The molecule has 14 nitrogen and oxygen atoms in total. The Bertz CT molecular complexity index is 797. The average molecular weight is 441 g/mol. The second-order valence-corrected chi connectivity index (χ2v) is 6.91. The summed E-state index contributed by atoms with van der Waals surface area (Å²) in [5, 5.41) is 26.0. The van der Waals surface area contributed by atoms with Crippen LogP contribution in [0.25, 0.3) is 0 Å². The van der Waals surface area contributed by atoms with Gasteiger partial charge in [0.25, 0.3) is 0 Å². The van der Waals surface area contributed by atoms with Crippen LogP contribution in [0, 0.1) is 0 Å². The van der Waals surface area contributed by atoms with Crippen LogP contribution in [0.5, 0.6) is 0 Å². The maximum atomic E-state index is 12.5. The van der Waals surface area contributed by atoms with Crippen LogP contribution in [0.4, 0.5) is 0 Å². The minimum Gasteiger partial charge on any atom is -0.480 e. The first-order valence-corrected chi connectivity index (χ1v) is 9.25. The van der Waals surface area contributed by atoms with Gasteiger partial charge in [-0.05, 0) is 13.8 Å². The lowest BCUT2D eigenvalue weighted by Gasteiger charge is -2.25. The standard InChI is InChI=1S/C17H27N7O7/c1-7(22-15(28)10(18)4-12(19)26)14(27)24-13(8(2)25)16(29)23-11(17(30)31)3-9-5-20-6-21-9/h5-8,10-11,13,25H,3-4,18H2,1-2H3,(H2,19,26)(H,20,21)(H,22,28)(H,23,29)(H,24,27)(H,30,31). The Balaban J connectivity index is 2.75. The lowest BCUT2D eigenvalue weighted by Crippen LogP contribution is -2.59. The Morgan fingerprint density at radius 1 is 1.10 bits per heavy atom. The van der Waals surface area contributed by atoms with E-state index in [-0.39, 0.29) is 6.42 Å². The normalized spacial score (nSPS) is 15.6. The highest BCUT2D eigenvalue weighted by Crippen LogP contribution is 2.02. The molecule has 0 spiro atoms. The van der Waals surface area contributed by atoms with E-state index in [4.69, 9.17) is 11.5 Å². The minimum atomic E-state index is -1.50. The third-order valence-electron chi connectivity index (χ3n) is 4.17. The largest absolute Gasteiger partial charge is 0.480 e. The number of nitrogens with one attached hydrogen (secondary N) is 4. The SMILES string of the molecule is CC(NC(=O)C(N)CC(N)=O)C(=O)NC(C(=O)NC(Cc1cnc[nH]1)C(=O)O)C(C)O. The molecule has 1 rings (SSSR count). The smallest absolute Gasteiger partial charge is 0.326 e. The van der Waals surface area contributed by atoms with Crippen LogP contribution in [0.3, 0.4) is 0 Å². The maximum absolute atomic E-state index is 12.5. The summed E-state index contributed by atoms with van der Waals surface area (Å²) in [6, 6.07) is -5.30. The third-order valence-corrected chi connectivity index (χ3v) is 4.17. The number of nitrogens with zero attached hydrogens (tertiary/aromatic N) is 1. The number of aliphatic hydroxyl groups is 1. The minimum absolute atomic E-state index is 0.105. The van der Waals surface area contributed by atoms with Gasteiger partial charge in [0.2, 0.25) is 23.6 Å². The molecule has 1 heterocycles. The third kappa shape index (κ3) is 8.39. The van der Waals surface area contributed by atoms with Crippen molar-refractivity contribution < 1.29 is 34.2 Å². The fourth-order valence-electron chi connectivity index (χ4n) is 2.46. The second-order valence-electron chi connectivity index (χ2n) is 6.91. The summed E-state index contributed by atoms with van der Waals surface area (Å²) < 4.78 is 0. The van der Waals surface area contributed by atoms with E-state index < -0.39 is 66.3 Å². The Hall–Kier alpha value is -3.52. The van der Waals surface area contributed by atoms with Gasteiger partial charge in [-0.15, -0.1) is 0 Å². The molecule has 5 atom stereocenters. The van der Waals surface area contributed by atoms with E-state index in [1.165, 1.54) is 26.4 Å². The highest BCUT2D eigenvalue weighted by Gasteiger charge is 2.31. The molecule has 172 valence electrons. The van der Waals surface area contributed by atoms with Crippen LogP contribution in [-0.4, -0.2) is 80.1 Å². The molecule has 0 aliphatic rings. The molecule has 0 aliphatic heterocycles. The number of nitrogens with two attached hydrogens (primary N) is 2. The van der Waals surface area contributed by atoms with E-state index >= 15 is 0 Å². The van der Waals surface area contributed by atoms with Crippen LogP contribution in [0.15, 0.2) is 12.5 Å². The van der Waals surface area contributed by atoms with E-state index in [1.807, 2.05) is 0 Å². The van der Waals surface area contributed by atoms with Crippen molar-refractivity contribution in [3.63, 3.8) is 0 Å². The number of carbonyl (C=O) groups excluding carboxylic acids is 4. The number of carboxylic acids is 1. The molecule has 1 aromatic rings. The van der Waals surface area contributed by atoms with Gasteiger partial charge in [0.15, 0.2) is 0 Å². The number of hydrogen-bond acceptors (Lipinski definition) is 8. The predicted molar refractivity (Wildman–Crippen MR) is 105 cm³/mol. The van der Waals surface area contributed by atoms with Gasteiger partial charge in [-0.1, -0.05) is 0 Å². The highest BCUT2D eigenvalue weighted by molar-refractivity contribution is 5.95. The molecule has 31 heavy (non-hydrogen) atoms. The molecule has 0 fully saturated rings. The Labute approximate surface area is 177 Å². The number of rotatable bonds is 12. The number of hydrogen-bond donors (Lipinski definition) is 8. The van der Waals surface area contributed by atoms with Crippen LogP contribution in [0.2, 0.25) is 0 Å². The predicted octanol–water partition coefficient (Wildman–Crippen LogP) is -3.91. The number of aromatic amines is 1. The molecular formula is C17H27N7O7. The first kappa shape index (κ1) is 25.5. The van der Waals surface area contributed by atoms with Crippen molar-refractivity contribution in [3.05, 3.63) is 18.2 Å². The van der Waals surface area contributed by atoms with Crippen molar-refractivity contribution in [3.8, 4) is 0 Å². The van der Waals surface area contributed by atoms with E-state index in [1.54, 1.807) is 0 Å². The summed E-state index contributed by atoms with van der Waals surface area (Å²) in [5.41, 5.74) is 10.9. The van der Waals surface area contributed by atoms with E-state index in [9.17, 15) is 34.2 Å². The molecule has 0 radical (unpaired) electrons. The first-order valence-electron chi connectivity index (χ1n) is 9.25. The molecule has 0 saturated heterocycles. The number of carboxylic acid groups (broad SMARTS) is 1. The summed E-state index contributed by atoms with van der Waals surface area (Å²) in [6.45, 7) is 2.51. The van der Waals surface area contributed by atoms with Crippen LogP contribution in [-0.2, 0) is 30.4 Å². The fourth-order valence-corrected chi connectivity index (χ4v) is 2.46. The number of imidazole rings is 1. The quantitative estimate of drug-likeness (QED) is 0.158. The van der Waals surface area contributed by atoms with Crippen LogP contribution < -0.4 is 27.4 Å². The van der Waals surface area contributed by atoms with Gasteiger partial charge >= 0.3 is 5.97 Å². The van der Waals surface area contributed by atoms with E-state index in [0.29, 0.717) is 5.69 Å². The van der Waals surface area contributed by atoms with E-state index in [2.05, 4.69) is 25.9 Å². The van der Waals surface area contributed by atoms with Gasteiger partial charge in [0.1, 0.15) is 18.1 Å². The van der Waals surface area contributed by atoms with Crippen molar-refractivity contribution in [2.75, 3.05) is 0 Å². The molecule has 0 aromatic carbocycles. The van der Waals surface area contributed by atoms with Gasteiger partial charge in [0.05, 0.1) is 24.9 Å². The summed E-state index contributed by atoms with van der Waals surface area (Å²) in [7, 11) is 0. The maximum Gasteiger partial charge on any atom is 0.326 e. The number of carbonyl (C=O) groups is 5. The second kappa shape index (κ2) is 11.6. The van der Waals surface area contributed by atoms with Crippen molar-refractivity contribution in [1.29, 1.82) is 0 Å². The summed E-state index contributed by atoms with van der Waals surface area (Å²) >= 11 is 0. The molecule has 0 saturated carbocycles. The number of amides is 4. The topological polar surface area (TPSA) is 243 Å². The van der Waals surface area contributed by atoms with Gasteiger partial charge in [-0.2, -0.15) is 0 Å². The van der Waals surface area contributed by atoms with Crippen LogP contribution in [0.1, 0.15) is 26.0 Å². The number of aliphatic hydroxyl groups excluding tert-OH is 1. The zero-order valence-corrected chi connectivity index (χ0v) is 17.0. The van der Waals surface area contributed by atoms with Crippen LogP contribution >= 0.6 is 0 Å². The van der Waals surface area contributed by atoms with Crippen molar-refractivity contribution >= 4 is 29.6 Å². The Morgan fingerprint density at radius 3 is 2.23 bits per heavy atom. The van der Waals surface area contributed by atoms with E-state index in [0.717, 1.165) is 0 Å². The van der Waals surface area contributed by atoms with Gasteiger partial charge < -0.3 is 42.6 Å². The average Bonchev–Trinajstić information content (AvgIpc) is 3.17. The fraction of sp³-hybridized carbons (Fsp3) is 0.529. The van der Waals surface area contributed by atoms with Gasteiger partial charge in [-0.25, -0.2) is 9.78 Å². The first-order chi connectivity index (χ1) is 14.4. The number of aromatic nitrogens is 2. The zero-order valence-electron chi connectivity index (χ0n) is 17.0. The van der Waals surface area contributed by atoms with Crippen molar-refractivity contribution in [2.24, 2.45) is 11.5 Å². The number of primary amides is 1. The Morgan fingerprint density at radius 2 is 1.74 bits per heavy atom. The highest BCUT2D eigenvalue weighted by atomic mass is 16.4. The molecule has 0 bridgehead atoms. The zero-order chi connectivity index (χ0) is 23.7. The molecule has 4 amide bonds. The lowest BCUT2D eigenvalue weighted by atomic mass is 10.1. The molecular weight excluding hydrogens is 414 g/mol. The number of aliphatic carboxylic acids is 1. The van der Waals surface area contributed by atoms with Gasteiger partial charge in [0, 0.05) is 18.3 Å². The summed E-state index contributed by atoms with van der Waals surface area (Å²) in [5.74, 6) is -4.73. The molecule has 5 unspecified atom stereocenters. The van der Waals surface area contributed by atoms with Crippen molar-refractivity contribution in [1.82, 2.24) is 25.9 Å². The lowest BCUT2D eigenvalue weighted by molar-refractivity contribution is -0.143. The van der Waals surface area contributed by atoms with Crippen molar-refractivity contribution in [2.45, 2.75) is 57.0 Å².